The summed E-state index contributed by atoms with van der Waals surface area (Å²) in [5, 5.41) is 0. The van der Waals surface area contributed by atoms with E-state index in [0.29, 0.717) is 9.49 Å². The van der Waals surface area contributed by atoms with E-state index in [1.807, 2.05) is 36.4 Å². The first-order valence-corrected chi connectivity index (χ1v) is 9.82. The molecule has 0 spiro atoms. The van der Waals surface area contributed by atoms with Crippen LogP contribution in [0.1, 0.15) is 19.4 Å². The average molecular weight is 379 g/mol. The van der Waals surface area contributed by atoms with Crippen molar-refractivity contribution < 1.29 is 4.74 Å². The second kappa shape index (κ2) is 7.04. The fraction of sp³-hybridized carbons (Fsp3) is 0.238. The number of rotatable bonds is 5. The summed E-state index contributed by atoms with van der Waals surface area (Å²) in [5.74, 6) is 0.751. The van der Waals surface area contributed by atoms with E-state index in [2.05, 4.69) is 35.9 Å². The van der Waals surface area contributed by atoms with Crippen molar-refractivity contribution >= 4 is 39.1 Å². The third-order valence-electron chi connectivity index (χ3n) is 4.77. The number of ether oxygens (including phenoxy) is 1. The van der Waals surface area contributed by atoms with E-state index in [1.54, 1.807) is 11.5 Å². The molecule has 2 aromatic carbocycles. The highest BCUT2D eigenvalue weighted by atomic mass is 32.1. The van der Waals surface area contributed by atoms with Crippen molar-refractivity contribution in [2.75, 3.05) is 25.1 Å². The van der Waals surface area contributed by atoms with Crippen LogP contribution in [0.5, 0.6) is 5.75 Å². The number of imidazole rings is 1. The molecule has 4 rings (SSSR count). The van der Waals surface area contributed by atoms with Crippen LogP contribution in [-0.4, -0.2) is 29.6 Å². The largest absolute Gasteiger partial charge is 0.496 e. The van der Waals surface area contributed by atoms with Crippen molar-refractivity contribution in [3.63, 3.8) is 0 Å². The van der Waals surface area contributed by atoms with E-state index in [1.165, 1.54) is 11.3 Å². The zero-order valence-electron chi connectivity index (χ0n) is 15.6. The van der Waals surface area contributed by atoms with Gasteiger partial charge in [-0.15, -0.1) is 0 Å². The van der Waals surface area contributed by atoms with E-state index in [0.717, 1.165) is 41.1 Å². The van der Waals surface area contributed by atoms with Gasteiger partial charge in [0.1, 0.15) is 5.75 Å². The molecule has 0 bridgehead atoms. The lowest BCUT2D eigenvalue weighted by Gasteiger charge is -2.22. The molecule has 138 valence electrons. The van der Waals surface area contributed by atoms with Gasteiger partial charge in [-0.3, -0.25) is 4.79 Å². The first-order valence-electron chi connectivity index (χ1n) is 9.01. The molecule has 0 saturated heterocycles. The number of aromatic nitrogens is 2. The van der Waals surface area contributed by atoms with Crippen molar-refractivity contribution in [3.8, 4) is 5.75 Å². The molecule has 5 nitrogen and oxygen atoms in total. The molecule has 4 aromatic rings. The number of hydrogen-bond acceptors (Lipinski definition) is 5. The normalized spacial score (nSPS) is 12.2. The van der Waals surface area contributed by atoms with Gasteiger partial charge in [-0.2, -0.15) is 0 Å². The van der Waals surface area contributed by atoms with Gasteiger partial charge in [0.15, 0.2) is 4.96 Å². The summed E-state index contributed by atoms with van der Waals surface area (Å²) in [7, 11) is 1.65. The van der Waals surface area contributed by atoms with E-state index in [-0.39, 0.29) is 5.56 Å². The first kappa shape index (κ1) is 17.5. The van der Waals surface area contributed by atoms with Crippen LogP contribution < -0.4 is 19.7 Å². The fourth-order valence-electron chi connectivity index (χ4n) is 3.37. The van der Waals surface area contributed by atoms with E-state index in [4.69, 9.17) is 4.74 Å². The van der Waals surface area contributed by atoms with Gasteiger partial charge in [-0.1, -0.05) is 23.5 Å². The predicted molar refractivity (Wildman–Crippen MR) is 112 cm³/mol. The molecule has 0 aliphatic heterocycles. The molecule has 6 heteroatoms. The SMILES string of the molecule is CCN(CC)c1ccc(OC)c(/C=c2/sc3nc4ccccc4n3c2=O)c1. The van der Waals surface area contributed by atoms with E-state index < -0.39 is 0 Å². The average Bonchev–Trinajstić information content (AvgIpc) is 3.19. The van der Waals surface area contributed by atoms with E-state index >= 15 is 0 Å². The number of para-hydroxylation sites is 2. The second-order valence-electron chi connectivity index (χ2n) is 6.23. The zero-order chi connectivity index (χ0) is 19.0. The number of fused-ring (bicyclic) bond motifs is 3. The van der Waals surface area contributed by atoms with Gasteiger partial charge in [-0.05, 0) is 50.3 Å². The Morgan fingerprint density at radius 2 is 1.96 bits per heavy atom. The molecule has 0 radical (unpaired) electrons. The van der Waals surface area contributed by atoms with Crippen molar-refractivity contribution in [1.29, 1.82) is 0 Å². The summed E-state index contributed by atoms with van der Waals surface area (Å²) in [4.78, 5) is 20.5. The molecule has 0 N–H and O–H groups in total. The van der Waals surface area contributed by atoms with Gasteiger partial charge in [-0.25, -0.2) is 9.38 Å². The summed E-state index contributed by atoms with van der Waals surface area (Å²) in [5.41, 5.74) is 3.66. The molecular formula is C21H21N3O2S. The van der Waals surface area contributed by atoms with Crippen molar-refractivity contribution in [1.82, 2.24) is 9.38 Å². The number of anilines is 1. The minimum absolute atomic E-state index is 0.0426. The Labute approximate surface area is 161 Å². The van der Waals surface area contributed by atoms with E-state index in [9.17, 15) is 4.79 Å². The van der Waals surface area contributed by atoms with Crippen LogP contribution in [0.15, 0.2) is 47.3 Å². The maximum Gasteiger partial charge on any atom is 0.274 e. The summed E-state index contributed by atoms with van der Waals surface area (Å²) >= 11 is 1.40. The van der Waals surface area contributed by atoms with Gasteiger partial charge in [0, 0.05) is 24.3 Å². The van der Waals surface area contributed by atoms with Crippen LogP contribution in [0.25, 0.3) is 22.1 Å². The molecule has 0 aliphatic carbocycles. The van der Waals surface area contributed by atoms with Crippen LogP contribution >= 0.6 is 11.3 Å². The predicted octanol–water partition coefficient (Wildman–Crippen LogP) is 3.31. The van der Waals surface area contributed by atoms with Crippen molar-refractivity contribution in [3.05, 3.63) is 62.9 Å². The molecule has 0 saturated carbocycles. The van der Waals surface area contributed by atoms with Crippen molar-refractivity contribution in [2.45, 2.75) is 13.8 Å². The first-order chi connectivity index (χ1) is 13.2. The monoisotopic (exact) mass is 379 g/mol. The molecule has 0 unspecified atom stereocenters. The number of hydrogen-bond donors (Lipinski definition) is 0. The summed E-state index contributed by atoms with van der Waals surface area (Å²) in [6.07, 6.45) is 1.91. The number of methoxy groups -OCH3 is 1. The van der Waals surface area contributed by atoms with Gasteiger partial charge in [0.25, 0.3) is 5.56 Å². The lowest BCUT2D eigenvalue weighted by atomic mass is 10.1. The second-order valence-corrected chi connectivity index (χ2v) is 7.24. The smallest absolute Gasteiger partial charge is 0.274 e. The highest BCUT2D eigenvalue weighted by molar-refractivity contribution is 7.15. The van der Waals surface area contributed by atoms with Crippen molar-refractivity contribution in [2.24, 2.45) is 0 Å². The fourth-order valence-corrected chi connectivity index (χ4v) is 4.35. The Bertz CT molecular complexity index is 1220. The molecule has 27 heavy (non-hydrogen) atoms. The molecule has 0 fully saturated rings. The van der Waals surface area contributed by atoms with Crippen LogP contribution in [0.3, 0.4) is 0 Å². The Hall–Kier alpha value is -2.86. The zero-order valence-corrected chi connectivity index (χ0v) is 16.4. The molecule has 2 aromatic heterocycles. The Morgan fingerprint density at radius 1 is 1.19 bits per heavy atom. The maximum absolute atomic E-state index is 13.0. The van der Waals surface area contributed by atoms with Gasteiger partial charge < -0.3 is 9.64 Å². The Morgan fingerprint density at radius 3 is 2.70 bits per heavy atom. The van der Waals surface area contributed by atoms with Crippen LogP contribution in [-0.2, 0) is 0 Å². The summed E-state index contributed by atoms with van der Waals surface area (Å²) in [6.45, 7) is 6.11. The van der Waals surface area contributed by atoms with Gasteiger partial charge in [0.05, 0.1) is 22.7 Å². The third kappa shape index (κ3) is 2.96. The highest BCUT2D eigenvalue weighted by Crippen LogP contribution is 2.26. The Balaban J connectivity index is 1.91. The minimum atomic E-state index is -0.0426. The molecule has 0 aliphatic rings. The molecule has 2 heterocycles. The maximum atomic E-state index is 13.0. The number of thiazole rings is 1. The van der Waals surface area contributed by atoms with Crippen LogP contribution in [0, 0.1) is 0 Å². The molecule has 0 atom stereocenters. The molecular weight excluding hydrogens is 358 g/mol. The van der Waals surface area contributed by atoms with Gasteiger partial charge >= 0.3 is 0 Å². The van der Waals surface area contributed by atoms with Crippen LogP contribution in [0.2, 0.25) is 0 Å². The quantitative estimate of drug-likeness (QED) is 0.534. The summed E-state index contributed by atoms with van der Waals surface area (Å²) < 4.78 is 7.85. The number of benzene rings is 2. The number of nitrogens with zero attached hydrogens (tertiary/aromatic N) is 3. The lowest BCUT2D eigenvalue weighted by Crippen LogP contribution is -2.23. The standard InChI is InChI=1S/C21H21N3O2S/c1-4-23(5-2)15-10-11-18(26-3)14(12-15)13-19-20(25)24-17-9-7-6-8-16(17)22-21(24)27-19/h6-13H,4-5H2,1-3H3/b19-13+. The minimum Gasteiger partial charge on any atom is -0.496 e. The van der Waals surface area contributed by atoms with Crippen LogP contribution in [0.4, 0.5) is 5.69 Å². The topological polar surface area (TPSA) is 46.8 Å². The van der Waals surface area contributed by atoms with Gasteiger partial charge in [0.2, 0.25) is 0 Å². The summed E-state index contributed by atoms with van der Waals surface area (Å²) in [6, 6.07) is 13.8. The Kier molecular flexibility index (Phi) is 4.58. The third-order valence-corrected chi connectivity index (χ3v) is 5.74. The lowest BCUT2D eigenvalue weighted by molar-refractivity contribution is 0.414. The molecule has 0 amide bonds. The highest BCUT2D eigenvalue weighted by Gasteiger charge is 2.12.